The number of para-hydroxylation sites is 1. The number of hydrogen-bond donors (Lipinski definition) is 3. The van der Waals surface area contributed by atoms with Crippen molar-refractivity contribution in [1.29, 1.82) is 0 Å². The second-order valence-electron chi connectivity index (χ2n) is 7.37. The normalized spacial score (nSPS) is 12.3. The molecular formula is C20H25N3O3. The van der Waals surface area contributed by atoms with E-state index in [0.717, 1.165) is 12.0 Å². The molecule has 0 unspecified atom stereocenters. The van der Waals surface area contributed by atoms with Crippen molar-refractivity contribution in [2.75, 3.05) is 11.9 Å². The number of carbonyl (C=O) groups excluding carboxylic acids is 1. The van der Waals surface area contributed by atoms with Gasteiger partial charge in [0.25, 0.3) is 5.91 Å². The standard InChI is InChI=1S/C20H25N3O3/c1-20(2,3)11-17(14-7-6-10-21-12-14)23-19(26)15-8-4-5-9-16(15)22-13-18(24)25/h4-10,12,17,22H,11,13H2,1-3H3,(H,23,26)(H,24,25)/t17-/m1/s1. The first-order valence-electron chi connectivity index (χ1n) is 8.52. The maximum absolute atomic E-state index is 12.9. The number of pyridine rings is 1. The zero-order valence-electron chi connectivity index (χ0n) is 15.3. The molecule has 0 saturated carbocycles. The molecule has 0 bridgehead atoms. The molecule has 6 nitrogen and oxygen atoms in total. The summed E-state index contributed by atoms with van der Waals surface area (Å²) in [5.41, 5.74) is 1.85. The van der Waals surface area contributed by atoms with E-state index in [4.69, 9.17) is 5.11 Å². The summed E-state index contributed by atoms with van der Waals surface area (Å²) in [6.45, 7) is 6.10. The molecule has 2 rings (SSSR count). The minimum Gasteiger partial charge on any atom is -0.480 e. The second kappa shape index (κ2) is 8.47. The van der Waals surface area contributed by atoms with E-state index >= 15 is 0 Å². The molecule has 1 atom stereocenters. The van der Waals surface area contributed by atoms with Gasteiger partial charge in [-0.2, -0.15) is 0 Å². The lowest BCUT2D eigenvalue weighted by Gasteiger charge is -2.27. The number of rotatable bonds is 7. The van der Waals surface area contributed by atoms with Crippen molar-refractivity contribution in [2.24, 2.45) is 5.41 Å². The molecule has 1 heterocycles. The molecule has 0 aliphatic rings. The number of carboxylic acid groups (broad SMARTS) is 1. The molecule has 0 spiro atoms. The molecule has 138 valence electrons. The first-order chi connectivity index (χ1) is 12.3. The van der Waals surface area contributed by atoms with Crippen LogP contribution >= 0.6 is 0 Å². The molecule has 0 saturated heterocycles. The molecule has 0 radical (unpaired) electrons. The average molecular weight is 355 g/mol. The summed E-state index contributed by atoms with van der Waals surface area (Å²) >= 11 is 0. The third-order valence-corrected chi connectivity index (χ3v) is 3.81. The van der Waals surface area contributed by atoms with Crippen LogP contribution in [-0.4, -0.2) is 28.5 Å². The number of aromatic nitrogens is 1. The Balaban J connectivity index is 2.23. The van der Waals surface area contributed by atoms with Crippen LogP contribution in [0.25, 0.3) is 0 Å². The van der Waals surface area contributed by atoms with Crippen molar-refractivity contribution in [2.45, 2.75) is 33.2 Å². The molecule has 0 aliphatic heterocycles. The van der Waals surface area contributed by atoms with Crippen LogP contribution in [0.4, 0.5) is 5.69 Å². The predicted octanol–water partition coefficient (Wildman–Crippen LogP) is 3.49. The molecule has 1 aromatic heterocycles. The lowest BCUT2D eigenvalue weighted by Crippen LogP contribution is -2.32. The summed E-state index contributed by atoms with van der Waals surface area (Å²) in [7, 11) is 0. The summed E-state index contributed by atoms with van der Waals surface area (Å²) in [5.74, 6) is -1.24. The SMILES string of the molecule is CC(C)(C)C[C@@H](NC(=O)c1ccccc1NCC(=O)O)c1cccnc1. The first-order valence-corrected chi connectivity index (χ1v) is 8.52. The summed E-state index contributed by atoms with van der Waals surface area (Å²) in [6.07, 6.45) is 4.20. The largest absolute Gasteiger partial charge is 0.480 e. The zero-order chi connectivity index (χ0) is 19.2. The molecule has 2 aromatic rings. The highest BCUT2D eigenvalue weighted by molar-refractivity contribution is 6.00. The summed E-state index contributed by atoms with van der Waals surface area (Å²) in [4.78, 5) is 27.8. The van der Waals surface area contributed by atoms with E-state index in [-0.39, 0.29) is 23.9 Å². The van der Waals surface area contributed by atoms with Crippen molar-refractivity contribution >= 4 is 17.6 Å². The maximum atomic E-state index is 12.9. The van der Waals surface area contributed by atoms with Gasteiger partial charge in [-0.15, -0.1) is 0 Å². The van der Waals surface area contributed by atoms with Gasteiger partial charge in [-0.25, -0.2) is 0 Å². The highest BCUT2D eigenvalue weighted by Gasteiger charge is 2.23. The van der Waals surface area contributed by atoms with Gasteiger partial charge in [-0.05, 0) is 35.6 Å². The minimum atomic E-state index is -0.985. The van der Waals surface area contributed by atoms with Gasteiger partial charge in [-0.1, -0.05) is 39.0 Å². The van der Waals surface area contributed by atoms with Crippen molar-refractivity contribution in [3.63, 3.8) is 0 Å². The summed E-state index contributed by atoms with van der Waals surface area (Å²) in [5, 5.41) is 14.7. The van der Waals surface area contributed by atoms with E-state index in [0.29, 0.717) is 11.3 Å². The van der Waals surface area contributed by atoms with E-state index in [1.165, 1.54) is 0 Å². The Morgan fingerprint density at radius 3 is 2.50 bits per heavy atom. The van der Waals surface area contributed by atoms with Gasteiger partial charge in [0.05, 0.1) is 11.6 Å². The van der Waals surface area contributed by atoms with Crippen LogP contribution in [0, 0.1) is 5.41 Å². The van der Waals surface area contributed by atoms with E-state index in [2.05, 4.69) is 36.4 Å². The van der Waals surface area contributed by atoms with Gasteiger partial charge in [0.15, 0.2) is 0 Å². The number of nitrogens with zero attached hydrogens (tertiary/aromatic N) is 1. The van der Waals surface area contributed by atoms with Crippen LogP contribution in [0.15, 0.2) is 48.8 Å². The van der Waals surface area contributed by atoms with E-state index < -0.39 is 5.97 Å². The van der Waals surface area contributed by atoms with Crippen molar-refractivity contribution < 1.29 is 14.7 Å². The summed E-state index contributed by atoms with van der Waals surface area (Å²) < 4.78 is 0. The highest BCUT2D eigenvalue weighted by atomic mass is 16.4. The van der Waals surface area contributed by atoms with E-state index in [9.17, 15) is 9.59 Å². The Labute approximate surface area is 153 Å². The van der Waals surface area contributed by atoms with Gasteiger partial charge in [-0.3, -0.25) is 14.6 Å². The van der Waals surface area contributed by atoms with Crippen LogP contribution in [0.3, 0.4) is 0 Å². The highest BCUT2D eigenvalue weighted by Crippen LogP contribution is 2.29. The number of carbonyl (C=O) groups is 2. The van der Waals surface area contributed by atoms with Gasteiger partial charge in [0.2, 0.25) is 0 Å². The Kier molecular flexibility index (Phi) is 6.33. The fraction of sp³-hybridized carbons (Fsp3) is 0.350. The molecule has 1 amide bonds. The molecule has 0 fully saturated rings. The number of hydrogen-bond acceptors (Lipinski definition) is 4. The average Bonchev–Trinajstić information content (AvgIpc) is 2.59. The van der Waals surface area contributed by atoms with Crippen LogP contribution in [0.2, 0.25) is 0 Å². The fourth-order valence-electron chi connectivity index (χ4n) is 2.69. The van der Waals surface area contributed by atoms with E-state index in [1.807, 2.05) is 12.1 Å². The molecular weight excluding hydrogens is 330 g/mol. The number of anilines is 1. The second-order valence-corrected chi connectivity index (χ2v) is 7.37. The predicted molar refractivity (Wildman–Crippen MR) is 101 cm³/mol. The fourth-order valence-corrected chi connectivity index (χ4v) is 2.69. The van der Waals surface area contributed by atoms with Gasteiger partial charge in [0, 0.05) is 18.1 Å². The van der Waals surface area contributed by atoms with Crippen LogP contribution in [0.1, 0.15) is 49.2 Å². The monoisotopic (exact) mass is 355 g/mol. The number of aliphatic carboxylic acids is 1. The van der Waals surface area contributed by atoms with Gasteiger partial charge in [0.1, 0.15) is 6.54 Å². The molecule has 0 aliphatic carbocycles. The molecule has 1 aromatic carbocycles. The number of nitrogens with one attached hydrogen (secondary N) is 2. The molecule has 6 heteroatoms. The lowest BCUT2D eigenvalue weighted by molar-refractivity contribution is -0.134. The zero-order valence-corrected chi connectivity index (χ0v) is 15.3. The smallest absolute Gasteiger partial charge is 0.322 e. The summed E-state index contributed by atoms with van der Waals surface area (Å²) in [6, 6.07) is 10.5. The third kappa shape index (κ3) is 5.88. The Bertz CT molecular complexity index is 754. The molecule has 3 N–H and O–H groups in total. The topological polar surface area (TPSA) is 91.3 Å². The number of benzene rings is 1. The van der Waals surface area contributed by atoms with Crippen molar-refractivity contribution in [3.05, 3.63) is 59.9 Å². The third-order valence-electron chi connectivity index (χ3n) is 3.81. The van der Waals surface area contributed by atoms with Crippen molar-refractivity contribution in [3.8, 4) is 0 Å². The first kappa shape index (κ1) is 19.4. The van der Waals surface area contributed by atoms with Gasteiger partial charge < -0.3 is 15.7 Å². The quantitative estimate of drug-likeness (QED) is 0.707. The Morgan fingerprint density at radius 1 is 1.15 bits per heavy atom. The molecule has 26 heavy (non-hydrogen) atoms. The van der Waals surface area contributed by atoms with E-state index in [1.54, 1.807) is 36.7 Å². The van der Waals surface area contributed by atoms with Crippen LogP contribution in [-0.2, 0) is 4.79 Å². The van der Waals surface area contributed by atoms with Crippen molar-refractivity contribution in [1.82, 2.24) is 10.3 Å². The van der Waals surface area contributed by atoms with Crippen LogP contribution < -0.4 is 10.6 Å². The van der Waals surface area contributed by atoms with Crippen LogP contribution in [0.5, 0.6) is 0 Å². The Morgan fingerprint density at radius 2 is 1.88 bits per heavy atom. The number of amides is 1. The number of carboxylic acids is 1. The minimum absolute atomic E-state index is 0.00879. The maximum Gasteiger partial charge on any atom is 0.322 e. The Hall–Kier alpha value is -2.89. The van der Waals surface area contributed by atoms with Gasteiger partial charge >= 0.3 is 5.97 Å². The lowest BCUT2D eigenvalue weighted by atomic mass is 9.85.